The van der Waals surface area contributed by atoms with Crippen LogP contribution in [0.5, 0.6) is 0 Å². The van der Waals surface area contributed by atoms with Crippen molar-refractivity contribution < 1.29 is 9.59 Å². The van der Waals surface area contributed by atoms with E-state index in [1.807, 2.05) is 24.3 Å². The van der Waals surface area contributed by atoms with E-state index in [1.54, 1.807) is 0 Å². The van der Waals surface area contributed by atoms with Crippen LogP contribution in [0.15, 0.2) is 48.5 Å². The molecule has 0 saturated carbocycles. The number of carbonyl (C=O) groups excluding carboxylic acids is 2. The van der Waals surface area contributed by atoms with Gasteiger partial charge in [-0.1, -0.05) is 62.4 Å². The highest BCUT2D eigenvalue weighted by atomic mass is 16.2. The summed E-state index contributed by atoms with van der Waals surface area (Å²) in [7, 11) is 0. The van der Waals surface area contributed by atoms with Gasteiger partial charge < -0.3 is 5.32 Å². The third-order valence-electron chi connectivity index (χ3n) is 5.66. The third-order valence-corrected chi connectivity index (χ3v) is 5.66. The summed E-state index contributed by atoms with van der Waals surface area (Å²) in [6.07, 6.45) is 2.06. The molecular formula is C22H24N2O2. The minimum Gasteiger partial charge on any atom is -0.323 e. The summed E-state index contributed by atoms with van der Waals surface area (Å²) in [5.41, 5.74) is 3.90. The van der Waals surface area contributed by atoms with E-state index in [9.17, 15) is 9.59 Å². The third kappa shape index (κ3) is 2.79. The van der Waals surface area contributed by atoms with E-state index in [-0.39, 0.29) is 11.9 Å². The number of benzene rings is 2. The molecule has 2 aromatic rings. The van der Waals surface area contributed by atoms with Gasteiger partial charge in [0.15, 0.2) is 0 Å². The van der Waals surface area contributed by atoms with E-state index < -0.39 is 5.54 Å². The smallest absolute Gasteiger partial charge is 0.323 e. The molecule has 1 heterocycles. The van der Waals surface area contributed by atoms with Gasteiger partial charge in [-0.25, -0.2) is 4.79 Å². The van der Waals surface area contributed by atoms with Gasteiger partial charge in [0.25, 0.3) is 5.91 Å². The van der Waals surface area contributed by atoms with Gasteiger partial charge in [0, 0.05) is 6.42 Å². The summed E-state index contributed by atoms with van der Waals surface area (Å²) in [6, 6.07) is 16.1. The van der Waals surface area contributed by atoms with Crippen LogP contribution in [0.3, 0.4) is 0 Å². The quantitative estimate of drug-likeness (QED) is 0.858. The van der Waals surface area contributed by atoms with Crippen molar-refractivity contribution in [2.75, 3.05) is 0 Å². The van der Waals surface area contributed by atoms with Gasteiger partial charge in [-0.2, -0.15) is 0 Å². The Morgan fingerprint density at radius 2 is 1.73 bits per heavy atom. The van der Waals surface area contributed by atoms with E-state index in [4.69, 9.17) is 0 Å². The van der Waals surface area contributed by atoms with E-state index in [2.05, 4.69) is 43.4 Å². The lowest BCUT2D eigenvalue weighted by molar-refractivity contribution is -0.132. The molecule has 2 aromatic carbocycles. The molecule has 0 aromatic heterocycles. The predicted octanol–water partition coefficient (Wildman–Crippen LogP) is 3.79. The first-order chi connectivity index (χ1) is 12.5. The molecule has 1 N–H and O–H groups in total. The van der Waals surface area contributed by atoms with Crippen LogP contribution in [-0.4, -0.2) is 22.4 Å². The van der Waals surface area contributed by atoms with Gasteiger partial charge in [0.05, 0.1) is 6.54 Å². The lowest BCUT2D eigenvalue weighted by Gasteiger charge is -2.32. The van der Waals surface area contributed by atoms with Crippen molar-refractivity contribution in [1.29, 1.82) is 0 Å². The predicted molar refractivity (Wildman–Crippen MR) is 101 cm³/mol. The van der Waals surface area contributed by atoms with Crippen LogP contribution in [0.4, 0.5) is 4.79 Å². The number of fused-ring (bicyclic) bond motifs is 1. The molecule has 26 heavy (non-hydrogen) atoms. The first-order valence-electron chi connectivity index (χ1n) is 9.28. The molecule has 3 amide bonds. The molecule has 0 radical (unpaired) electrons. The number of carbonyl (C=O) groups is 2. The second-order valence-corrected chi connectivity index (χ2v) is 7.75. The highest BCUT2D eigenvalue weighted by molar-refractivity contribution is 6.07. The number of rotatable bonds is 3. The maximum absolute atomic E-state index is 13.1. The van der Waals surface area contributed by atoms with Crippen molar-refractivity contribution in [3.63, 3.8) is 0 Å². The SMILES string of the molecule is CC(C)c1ccc(CN2C(=O)NC3(CCc4ccccc4C3)C2=O)cc1. The fourth-order valence-electron chi connectivity index (χ4n) is 4.03. The number of nitrogens with one attached hydrogen (secondary N) is 1. The van der Waals surface area contributed by atoms with Gasteiger partial charge in [0.1, 0.15) is 5.54 Å². The Balaban J connectivity index is 1.54. The Morgan fingerprint density at radius 3 is 2.42 bits per heavy atom. The number of urea groups is 1. The Hall–Kier alpha value is -2.62. The Bertz CT molecular complexity index is 857. The minimum absolute atomic E-state index is 0.0926. The second kappa shape index (κ2) is 6.27. The number of nitrogens with zero attached hydrogens (tertiary/aromatic N) is 1. The summed E-state index contributed by atoms with van der Waals surface area (Å²) in [5, 5.41) is 3.00. The summed E-state index contributed by atoms with van der Waals surface area (Å²) >= 11 is 0. The molecule has 134 valence electrons. The van der Waals surface area contributed by atoms with Gasteiger partial charge in [-0.3, -0.25) is 9.69 Å². The zero-order valence-corrected chi connectivity index (χ0v) is 15.3. The minimum atomic E-state index is -0.774. The number of aryl methyl sites for hydroxylation is 1. The van der Waals surface area contributed by atoms with Crippen molar-refractivity contribution in [1.82, 2.24) is 10.2 Å². The highest BCUT2D eigenvalue weighted by Crippen LogP contribution is 2.34. The average Bonchev–Trinajstić information content (AvgIpc) is 2.86. The molecule has 1 unspecified atom stereocenters. The van der Waals surface area contributed by atoms with E-state index in [0.29, 0.717) is 25.3 Å². The van der Waals surface area contributed by atoms with Crippen LogP contribution in [0.2, 0.25) is 0 Å². The van der Waals surface area contributed by atoms with Gasteiger partial charge in [-0.05, 0) is 41.0 Å². The molecule has 1 fully saturated rings. The van der Waals surface area contributed by atoms with Crippen molar-refractivity contribution >= 4 is 11.9 Å². The molecule has 1 atom stereocenters. The fourth-order valence-corrected chi connectivity index (χ4v) is 4.03. The molecule has 1 spiro atoms. The number of amides is 3. The average molecular weight is 348 g/mol. The lowest BCUT2D eigenvalue weighted by Crippen LogP contribution is -2.51. The van der Waals surface area contributed by atoms with Crippen LogP contribution in [0.1, 0.15) is 48.4 Å². The summed E-state index contributed by atoms with van der Waals surface area (Å²) in [4.78, 5) is 27.0. The normalized spacial score (nSPS) is 22.0. The van der Waals surface area contributed by atoms with Crippen molar-refractivity contribution in [3.05, 3.63) is 70.8 Å². The summed E-state index contributed by atoms with van der Waals surface area (Å²) in [5.74, 6) is 0.372. The maximum Gasteiger partial charge on any atom is 0.325 e. The van der Waals surface area contributed by atoms with Crippen LogP contribution in [0.25, 0.3) is 0 Å². The van der Waals surface area contributed by atoms with Gasteiger partial charge in [0.2, 0.25) is 0 Å². The molecule has 1 saturated heterocycles. The monoisotopic (exact) mass is 348 g/mol. The molecule has 4 nitrogen and oxygen atoms in total. The molecule has 4 heteroatoms. The van der Waals surface area contributed by atoms with Crippen molar-refractivity contribution in [2.45, 2.75) is 51.1 Å². The van der Waals surface area contributed by atoms with E-state index in [1.165, 1.54) is 16.0 Å². The topological polar surface area (TPSA) is 49.4 Å². The van der Waals surface area contributed by atoms with Crippen LogP contribution in [-0.2, 0) is 24.2 Å². The molecule has 1 aliphatic carbocycles. The van der Waals surface area contributed by atoms with Crippen LogP contribution >= 0.6 is 0 Å². The van der Waals surface area contributed by atoms with Crippen LogP contribution in [0, 0.1) is 0 Å². The fraction of sp³-hybridized carbons (Fsp3) is 0.364. The number of imide groups is 1. The summed E-state index contributed by atoms with van der Waals surface area (Å²) < 4.78 is 0. The Kier molecular flexibility index (Phi) is 4.06. The molecule has 1 aliphatic heterocycles. The number of hydrogen-bond donors (Lipinski definition) is 1. The standard InChI is InChI=1S/C22H24N2O2/c1-15(2)17-9-7-16(8-10-17)14-24-20(25)22(23-21(24)26)12-11-18-5-3-4-6-19(18)13-22/h3-10,15H,11-14H2,1-2H3,(H,23,26). The zero-order chi connectivity index (χ0) is 18.3. The Labute approximate surface area is 154 Å². The molecule has 0 bridgehead atoms. The van der Waals surface area contributed by atoms with Crippen molar-refractivity contribution in [2.24, 2.45) is 0 Å². The van der Waals surface area contributed by atoms with Crippen molar-refractivity contribution in [3.8, 4) is 0 Å². The first kappa shape index (κ1) is 16.8. The van der Waals surface area contributed by atoms with E-state index in [0.717, 1.165) is 17.5 Å². The first-order valence-corrected chi connectivity index (χ1v) is 9.28. The highest BCUT2D eigenvalue weighted by Gasteiger charge is 2.52. The van der Waals surface area contributed by atoms with Gasteiger partial charge in [-0.15, -0.1) is 0 Å². The zero-order valence-electron chi connectivity index (χ0n) is 15.3. The Morgan fingerprint density at radius 1 is 1.04 bits per heavy atom. The van der Waals surface area contributed by atoms with Gasteiger partial charge >= 0.3 is 6.03 Å². The second-order valence-electron chi connectivity index (χ2n) is 7.75. The molecule has 4 rings (SSSR count). The largest absolute Gasteiger partial charge is 0.325 e. The maximum atomic E-state index is 13.1. The van der Waals surface area contributed by atoms with Crippen LogP contribution < -0.4 is 5.32 Å². The molecular weight excluding hydrogens is 324 g/mol. The summed E-state index contributed by atoms with van der Waals surface area (Å²) in [6.45, 7) is 4.63. The number of hydrogen-bond acceptors (Lipinski definition) is 2. The van der Waals surface area contributed by atoms with E-state index >= 15 is 0 Å². The lowest BCUT2D eigenvalue weighted by atomic mass is 9.78. The molecule has 2 aliphatic rings.